The summed E-state index contributed by atoms with van der Waals surface area (Å²) >= 11 is 1.67. The number of esters is 1. The van der Waals surface area contributed by atoms with Gasteiger partial charge in [0, 0.05) is 4.88 Å². The Morgan fingerprint density at radius 3 is 2.82 bits per heavy atom. The molecule has 1 aromatic rings. The Balaban J connectivity index is 2.29. The fraction of sp³-hybridized carbons (Fsp3) is 0.643. The van der Waals surface area contributed by atoms with Gasteiger partial charge in [-0.1, -0.05) is 26.2 Å². The van der Waals surface area contributed by atoms with Crippen molar-refractivity contribution in [2.45, 2.75) is 52.4 Å². The van der Waals surface area contributed by atoms with Crippen molar-refractivity contribution in [3.63, 3.8) is 0 Å². The molecule has 1 aromatic heterocycles. The summed E-state index contributed by atoms with van der Waals surface area (Å²) in [5, 5.41) is 2.17. The maximum Gasteiger partial charge on any atom is 0.311 e. The Labute approximate surface area is 108 Å². The molecule has 0 aliphatic carbocycles. The largest absolute Gasteiger partial charge is 0.466 e. The van der Waals surface area contributed by atoms with E-state index in [1.54, 1.807) is 11.3 Å². The van der Waals surface area contributed by atoms with Crippen molar-refractivity contribution >= 4 is 17.3 Å². The number of unbranched alkanes of at least 4 members (excludes halogenated alkanes) is 3. The average molecular weight is 254 g/mol. The lowest BCUT2D eigenvalue weighted by Gasteiger charge is -1.99. The standard InChI is InChI=1S/C14H22O2S/c1-3-5-6-7-8-12-9-13(17-11-12)10-14(15)16-4-2/h9,11H,3-8,10H2,1-2H3. The van der Waals surface area contributed by atoms with Crippen LogP contribution in [0.1, 0.15) is 50.0 Å². The van der Waals surface area contributed by atoms with Crippen molar-refractivity contribution in [3.8, 4) is 0 Å². The highest BCUT2D eigenvalue weighted by atomic mass is 32.1. The third kappa shape index (κ3) is 5.87. The molecule has 0 saturated carbocycles. The van der Waals surface area contributed by atoms with E-state index < -0.39 is 0 Å². The van der Waals surface area contributed by atoms with Gasteiger partial charge >= 0.3 is 5.97 Å². The smallest absolute Gasteiger partial charge is 0.311 e. The lowest BCUT2D eigenvalue weighted by atomic mass is 10.1. The van der Waals surface area contributed by atoms with E-state index in [1.165, 1.54) is 31.2 Å². The zero-order valence-corrected chi connectivity index (χ0v) is 11.6. The molecule has 0 radical (unpaired) electrons. The van der Waals surface area contributed by atoms with Gasteiger partial charge in [0.25, 0.3) is 0 Å². The van der Waals surface area contributed by atoms with Crippen molar-refractivity contribution in [1.82, 2.24) is 0 Å². The Morgan fingerprint density at radius 2 is 2.12 bits per heavy atom. The van der Waals surface area contributed by atoms with Crippen LogP contribution in [0, 0.1) is 0 Å². The Kier molecular flexibility index (Phi) is 6.94. The Bertz CT molecular complexity index is 331. The number of thiophene rings is 1. The van der Waals surface area contributed by atoms with Crippen LogP contribution >= 0.6 is 11.3 Å². The molecule has 0 fully saturated rings. The van der Waals surface area contributed by atoms with Gasteiger partial charge in [-0.15, -0.1) is 11.3 Å². The van der Waals surface area contributed by atoms with Gasteiger partial charge in [-0.05, 0) is 36.8 Å². The second-order valence-corrected chi connectivity index (χ2v) is 5.21. The number of hydrogen-bond acceptors (Lipinski definition) is 3. The minimum absolute atomic E-state index is 0.119. The molecule has 3 heteroatoms. The van der Waals surface area contributed by atoms with Crippen LogP contribution in [0.15, 0.2) is 11.4 Å². The van der Waals surface area contributed by atoms with E-state index in [-0.39, 0.29) is 5.97 Å². The summed E-state index contributed by atoms with van der Waals surface area (Å²) in [6.07, 6.45) is 6.72. The van der Waals surface area contributed by atoms with Gasteiger partial charge < -0.3 is 4.74 Å². The van der Waals surface area contributed by atoms with Crippen LogP contribution in [0.3, 0.4) is 0 Å². The summed E-state index contributed by atoms with van der Waals surface area (Å²) in [5.41, 5.74) is 1.37. The average Bonchev–Trinajstić information content (AvgIpc) is 2.72. The van der Waals surface area contributed by atoms with Crippen LogP contribution in [-0.4, -0.2) is 12.6 Å². The minimum atomic E-state index is -0.119. The van der Waals surface area contributed by atoms with E-state index in [0.29, 0.717) is 13.0 Å². The molecule has 0 aromatic carbocycles. The normalized spacial score (nSPS) is 10.5. The molecular formula is C14H22O2S. The van der Waals surface area contributed by atoms with Crippen LogP contribution < -0.4 is 0 Å². The molecule has 0 amide bonds. The molecule has 96 valence electrons. The van der Waals surface area contributed by atoms with Crippen LogP contribution in [0.4, 0.5) is 0 Å². The van der Waals surface area contributed by atoms with Crippen molar-refractivity contribution in [1.29, 1.82) is 0 Å². The fourth-order valence-corrected chi connectivity index (χ4v) is 2.67. The van der Waals surface area contributed by atoms with Crippen LogP contribution in [-0.2, 0) is 22.4 Å². The van der Waals surface area contributed by atoms with E-state index in [9.17, 15) is 4.79 Å². The zero-order valence-electron chi connectivity index (χ0n) is 10.8. The van der Waals surface area contributed by atoms with Crippen LogP contribution in [0.25, 0.3) is 0 Å². The van der Waals surface area contributed by atoms with E-state index in [1.807, 2.05) is 6.92 Å². The summed E-state index contributed by atoms with van der Waals surface area (Å²) in [7, 11) is 0. The van der Waals surface area contributed by atoms with Crippen molar-refractivity contribution in [2.75, 3.05) is 6.61 Å². The zero-order chi connectivity index (χ0) is 12.5. The molecule has 0 aliphatic heterocycles. The molecule has 0 unspecified atom stereocenters. The van der Waals surface area contributed by atoms with E-state index in [0.717, 1.165) is 11.3 Å². The van der Waals surface area contributed by atoms with Gasteiger partial charge in [-0.25, -0.2) is 0 Å². The quantitative estimate of drug-likeness (QED) is 0.518. The molecule has 1 rings (SSSR count). The van der Waals surface area contributed by atoms with E-state index in [2.05, 4.69) is 18.4 Å². The van der Waals surface area contributed by atoms with Gasteiger partial charge in [0.05, 0.1) is 13.0 Å². The lowest BCUT2D eigenvalue weighted by Crippen LogP contribution is -2.06. The number of aryl methyl sites for hydroxylation is 1. The van der Waals surface area contributed by atoms with Gasteiger partial charge in [0.2, 0.25) is 0 Å². The topological polar surface area (TPSA) is 26.3 Å². The second kappa shape index (κ2) is 8.29. The third-order valence-electron chi connectivity index (χ3n) is 2.65. The molecule has 2 nitrogen and oxygen atoms in total. The monoisotopic (exact) mass is 254 g/mol. The maximum absolute atomic E-state index is 11.3. The lowest BCUT2D eigenvalue weighted by molar-refractivity contribution is -0.142. The van der Waals surface area contributed by atoms with Crippen LogP contribution in [0.2, 0.25) is 0 Å². The summed E-state index contributed by atoms with van der Waals surface area (Å²) in [6.45, 7) is 4.53. The highest BCUT2D eigenvalue weighted by Crippen LogP contribution is 2.18. The highest BCUT2D eigenvalue weighted by Gasteiger charge is 2.06. The summed E-state index contributed by atoms with van der Waals surface area (Å²) < 4.78 is 4.94. The molecule has 0 bridgehead atoms. The third-order valence-corrected chi connectivity index (χ3v) is 3.64. The van der Waals surface area contributed by atoms with Crippen molar-refractivity contribution < 1.29 is 9.53 Å². The van der Waals surface area contributed by atoms with E-state index in [4.69, 9.17) is 4.74 Å². The van der Waals surface area contributed by atoms with Gasteiger partial charge in [-0.2, -0.15) is 0 Å². The first kappa shape index (κ1) is 14.2. The number of carbonyl (C=O) groups excluding carboxylic acids is 1. The van der Waals surface area contributed by atoms with Gasteiger partial charge in [0.15, 0.2) is 0 Å². The molecule has 0 saturated heterocycles. The Morgan fingerprint density at radius 1 is 1.29 bits per heavy atom. The van der Waals surface area contributed by atoms with Crippen molar-refractivity contribution in [3.05, 3.63) is 21.9 Å². The number of rotatable bonds is 8. The number of hydrogen-bond donors (Lipinski definition) is 0. The number of carbonyl (C=O) groups is 1. The summed E-state index contributed by atoms with van der Waals surface area (Å²) in [4.78, 5) is 12.4. The number of ether oxygens (including phenoxy) is 1. The van der Waals surface area contributed by atoms with Gasteiger partial charge in [0.1, 0.15) is 0 Å². The Hall–Kier alpha value is -0.830. The molecule has 0 atom stereocenters. The first-order valence-corrected chi connectivity index (χ1v) is 7.36. The summed E-state index contributed by atoms with van der Waals surface area (Å²) in [5.74, 6) is -0.119. The molecule has 17 heavy (non-hydrogen) atoms. The fourth-order valence-electron chi connectivity index (χ4n) is 1.76. The molecule has 0 N–H and O–H groups in total. The van der Waals surface area contributed by atoms with Crippen LogP contribution in [0.5, 0.6) is 0 Å². The maximum atomic E-state index is 11.3. The predicted octanol–water partition coefficient (Wildman–Crippen LogP) is 3.98. The first-order valence-electron chi connectivity index (χ1n) is 6.48. The second-order valence-electron chi connectivity index (χ2n) is 4.21. The minimum Gasteiger partial charge on any atom is -0.466 e. The SMILES string of the molecule is CCCCCCc1csc(CC(=O)OCC)c1. The van der Waals surface area contributed by atoms with E-state index >= 15 is 0 Å². The molecule has 0 aliphatic rings. The molecule has 0 spiro atoms. The highest BCUT2D eigenvalue weighted by molar-refractivity contribution is 7.10. The first-order chi connectivity index (χ1) is 8.26. The predicted molar refractivity (Wildman–Crippen MR) is 72.5 cm³/mol. The van der Waals surface area contributed by atoms with Gasteiger partial charge in [-0.3, -0.25) is 4.79 Å². The van der Waals surface area contributed by atoms with Crippen molar-refractivity contribution in [2.24, 2.45) is 0 Å². The summed E-state index contributed by atoms with van der Waals surface area (Å²) in [6, 6.07) is 2.15. The molecule has 1 heterocycles. The molecular weight excluding hydrogens is 232 g/mol.